The lowest BCUT2D eigenvalue weighted by Gasteiger charge is -2.34. The predicted octanol–water partition coefficient (Wildman–Crippen LogP) is 3.09. The Labute approximate surface area is 174 Å². The number of anilines is 1. The van der Waals surface area contributed by atoms with Gasteiger partial charge in [0.1, 0.15) is 0 Å². The number of H-pyrrole nitrogens is 1. The molecule has 0 radical (unpaired) electrons. The first-order valence-corrected chi connectivity index (χ1v) is 9.98. The highest BCUT2D eigenvalue weighted by Crippen LogP contribution is 2.25. The average Bonchev–Trinajstić information content (AvgIpc) is 3.26. The van der Waals surface area contributed by atoms with Gasteiger partial charge >= 0.3 is 0 Å². The summed E-state index contributed by atoms with van der Waals surface area (Å²) in [4.78, 5) is 29.3. The third-order valence-electron chi connectivity index (χ3n) is 5.45. The van der Waals surface area contributed by atoms with Crippen molar-refractivity contribution in [1.82, 2.24) is 15.8 Å². The maximum Gasteiger partial charge on any atom is 0.267 e. The topological polar surface area (TPSA) is 97.5 Å². The summed E-state index contributed by atoms with van der Waals surface area (Å²) in [6.45, 7) is 1.61. The van der Waals surface area contributed by atoms with E-state index in [1.165, 1.54) is 6.08 Å². The molecule has 1 fully saturated rings. The highest BCUT2D eigenvalue weighted by molar-refractivity contribution is 5.98. The van der Waals surface area contributed by atoms with Crippen LogP contribution in [-0.4, -0.2) is 41.1 Å². The van der Waals surface area contributed by atoms with Gasteiger partial charge in [-0.25, -0.2) is 5.48 Å². The van der Waals surface area contributed by atoms with Crippen LogP contribution in [0.3, 0.4) is 0 Å². The van der Waals surface area contributed by atoms with Gasteiger partial charge in [0.15, 0.2) is 0 Å². The Kier molecular flexibility index (Phi) is 5.81. The van der Waals surface area contributed by atoms with E-state index in [-0.39, 0.29) is 11.9 Å². The van der Waals surface area contributed by atoms with Crippen LogP contribution in [-0.2, 0) is 4.79 Å². The minimum atomic E-state index is -0.566. The average molecular weight is 404 g/mol. The van der Waals surface area contributed by atoms with Gasteiger partial charge in [0.2, 0.25) is 0 Å². The van der Waals surface area contributed by atoms with Crippen molar-refractivity contribution in [1.29, 1.82) is 0 Å². The van der Waals surface area contributed by atoms with E-state index in [2.05, 4.69) is 15.2 Å². The molecule has 1 saturated heterocycles. The van der Waals surface area contributed by atoms with Crippen LogP contribution in [0.15, 0.2) is 60.8 Å². The zero-order valence-corrected chi connectivity index (χ0v) is 16.5. The van der Waals surface area contributed by atoms with Gasteiger partial charge in [0.25, 0.3) is 11.8 Å². The van der Waals surface area contributed by atoms with E-state index in [0.717, 1.165) is 48.1 Å². The molecule has 7 heteroatoms. The van der Waals surface area contributed by atoms with Crippen molar-refractivity contribution in [2.45, 2.75) is 18.9 Å². The fourth-order valence-corrected chi connectivity index (χ4v) is 3.85. The molecular weight excluding hydrogens is 380 g/mol. The van der Waals surface area contributed by atoms with Crippen LogP contribution in [0.4, 0.5) is 5.69 Å². The highest BCUT2D eigenvalue weighted by atomic mass is 16.5. The first kappa shape index (κ1) is 19.7. The van der Waals surface area contributed by atoms with Crippen LogP contribution in [0.25, 0.3) is 17.0 Å². The highest BCUT2D eigenvalue weighted by Gasteiger charge is 2.22. The van der Waals surface area contributed by atoms with E-state index in [4.69, 9.17) is 5.21 Å². The summed E-state index contributed by atoms with van der Waals surface area (Å²) < 4.78 is 0. The normalized spacial score (nSPS) is 14.9. The standard InChI is InChI=1S/C23H24N4O3/c28-22(26-30)8-6-16-3-1-2-4-21(16)27-13-10-19(11-14-27)25-23(29)18-5-7-20-17(15-18)9-12-24-20/h1-9,12,15,19,24,30H,10-11,13-14H2,(H,25,29)(H,26,28). The van der Waals surface area contributed by atoms with E-state index in [0.29, 0.717) is 5.56 Å². The SMILES string of the molecule is O=C(C=Cc1ccccc1N1CCC(NC(=O)c2ccc3[nH]ccc3c2)CC1)NO. The van der Waals surface area contributed by atoms with E-state index >= 15 is 0 Å². The van der Waals surface area contributed by atoms with Crippen LogP contribution in [0.2, 0.25) is 0 Å². The van der Waals surface area contributed by atoms with Crippen LogP contribution in [0, 0.1) is 0 Å². The van der Waals surface area contributed by atoms with Crippen molar-refractivity contribution in [3.05, 3.63) is 71.9 Å². The number of aromatic nitrogens is 1. The monoisotopic (exact) mass is 404 g/mol. The summed E-state index contributed by atoms with van der Waals surface area (Å²) in [6, 6.07) is 15.6. The number of nitrogens with one attached hydrogen (secondary N) is 3. The number of carbonyl (C=O) groups excluding carboxylic acids is 2. The van der Waals surface area contributed by atoms with Gasteiger partial charge in [-0.2, -0.15) is 0 Å². The molecule has 4 N–H and O–H groups in total. The number of aromatic amines is 1. The van der Waals surface area contributed by atoms with E-state index in [9.17, 15) is 9.59 Å². The Morgan fingerprint density at radius 3 is 2.70 bits per heavy atom. The van der Waals surface area contributed by atoms with Gasteiger partial charge in [-0.1, -0.05) is 18.2 Å². The molecule has 0 spiro atoms. The molecule has 3 aromatic rings. The molecule has 0 aliphatic carbocycles. The number of benzene rings is 2. The maximum atomic E-state index is 12.7. The molecule has 7 nitrogen and oxygen atoms in total. The summed E-state index contributed by atoms with van der Waals surface area (Å²) >= 11 is 0. The van der Waals surface area contributed by atoms with Gasteiger partial charge < -0.3 is 15.2 Å². The van der Waals surface area contributed by atoms with Gasteiger partial charge in [-0.15, -0.1) is 0 Å². The summed E-state index contributed by atoms with van der Waals surface area (Å²) in [5.41, 5.74) is 5.22. The summed E-state index contributed by atoms with van der Waals surface area (Å²) in [5.74, 6) is -0.612. The molecule has 2 amide bonds. The number of fused-ring (bicyclic) bond motifs is 1. The molecule has 1 aliphatic rings. The lowest BCUT2D eigenvalue weighted by Crippen LogP contribution is -2.44. The largest absolute Gasteiger partial charge is 0.371 e. The lowest BCUT2D eigenvalue weighted by atomic mass is 10.0. The molecule has 0 saturated carbocycles. The third-order valence-corrected chi connectivity index (χ3v) is 5.45. The number of hydroxylamine groups is 1. The molecule has 2 heterocycles. The Balaban J connectivity index is 1.38. The lowest BCUT2D eigenvalue weighted by molar-refractivity contribution is -0.124. The van der Waals surface area contributed by atoms with Gasteiger partial charge in [-0.05, 0) is 54.8 Å². The molecule has 0 bridgehead atoms. The van der Waals surface area contributed by atoms with Crippen LogP contribution >= 0.6 is 0 Å². The minimum Gasteiger partial charge on any atom is -0.371 e. The fourth-order valence-electron chi connectivity index (χ4n) is 3.85. The number of hydrogen-bond donors (Lipinski definition) is 4. The Hall–Kier alpha value is -3.58. The number of rotatable bonds is 5. The molecule has 0 unspecified atom stereocenters. The quantitative estimate of drug-likeness (QED) is 0.298. The molecule has 1 aromatic heterocycles. The van der Waals surface area contributed by atoms with Gasteiger partial charge in [0.05, 0.1) is 0 Å². The smallest absolute Gasteiger partial charge is 0.267 e. The Morgan fingerprint density at radius 1 is 1.10 bits per heavy atom. The minimum absolute atomic E-state index is 0.0464. The van der Waals surface area contributed by atoms with E-state index in [1.54, 1.807) is 11.6 Å². The number of carbonyl (C=O) groups is 2. The molecule has 154 valence electrons. The first-order chi connectivity index (χ1) is 14.6. The number of amides is 2. The number of piperidine rings is 1. The van der Waals surface area contributed by atoms with Crippen molar-refractivity contribution in [3.8, 4) is 0 Å². The summed E-state index contributed by atoms with van der Waals surface area (Å²) in [5, 5.41) is 12.8. The van der Waals surface area contributed by atoms with E-state index < -0.39 is 5.91 Å². The number of hydrogen-bond acceptors (Lipinski definition) is 4. The number of para-hydroxylation sites is 1. The van der Waals surface area contributed by atoms with Crippen LogP contribution in [0.1, 0.15) is 28.8 Å². The van der Waals surface area contributed by atoms with Gasteiger partial charge in [-0.3, -0.25) is 14.8 Å². The van der Waals surface area contributed by atoms with Crippen molar-refractivity contribution in [3.63, 3.8) is 0 Å². The van der Waals surface area contributed by atoms with Crippen molar-refractivity contribution in [2.24, 2.45) is 0 Å². The van der Waals surface area contributed by atoms with Crippen LogP contribution < -0.4 is 15.7 Å². The third kappa shape index (κ3) is 4.36. The molecule has 0 atom stereocenters. The molecule has 30 heavy (non-hydrogen) atoms. The predicted molar refractivity (Wildman–Crippen MR) is 116 cm³/mol. The maximum absolute atomic E-state index is 12.7. The van der Waals surface area contributed by atoms with Crippen molar-refractivity contribution < 1.29 is 14.8 Å². The fraction of sp³-hybridized carbons (Fsp3) is 0.217. The molecule has 2 aromatic carbocycles. The Morgan fingerprint density at radius 2 is 1.90 bits per heavy atom. The van der Waals surface area contributed by atoms with Crippen molar-refractivity contribution >= 4 is 34.5 Å². The second kappa shape index (κ2) is 8.84. The molecule has 1 aliphatic heterocycles. The zero-order chi connectivity index (χ0) is 20.9. The van der Waals surface area contributed by atoms with Crippen molar-refractivity contribution in [2.75, 3.05) is 18.0 Å². The second-order valence-electron chi connectivity index (χ2n) is 7.38. The zero-order valence-electron chi connectivity index (χ0n) is 16.5. The summed E-state index contributed by atoms with van der Waals surface area (Å²) in [7, 11) is 0. The van der Waals surface area contributed by atoms with E-state index in [1.807, 2.05) is 54.7 Å². The number of nitrogens with zero attached hydrogens (tertiary/aromatic N) is 1. The molecular formula is C23H24N4O3. The second-order valence-corrected chi connectivity index (χ2v) is 7.38. The summed E-state index contributed by atoms with van der Waals surface area (Å²) in [6.07, 6.45) is 6.53. The van der Waals surface area contributed by atoms with Gasteiger partial charge in [0, 0.05) is 53.6 Å². The Bertz CT molecular complexity index is 1080. The first-order valence-electron chi connectivity index (χ1n) is 9.98. The van der Waals surface area contributed by atoms with Crippen LogP contribution in [0.5, 0.6) is 0 Å². The molecule has 4 rings (SSSR count).